The molecule has 0 aromatic heterocycles. The summed E-state index contributed by atoms with van der Waals surface area (Å²) in [5.41, 5.74) is 0. The molecule has 0 aliphatic heterocycles. The number of rotatable bonds is 26. The lowest BCUT2D eigenvalue weighted by atomic mass is 10.1. The first-order chi connectivity index (χ1) is 16.8. The first-order valence-corrected chi connectivity index (χ1v) is 16.8. The van der Waals surface area contributed by atoms with Gasteiger partial charge in [0.15, 0.2) is 5.78 Å². The molecule has 0 saturated carbocycles. The second-order valence-electron chi connectivity index (χ2n) is 11.5. The third kappa shape index (κ3) is 21.6. The van der Waals surface area contributed by atoms with Gasteiger partial charge in [0.1, 0.15) is 0 Å². The Hall–Kier alpha value is -0.150. The molecular weight excluding hydrogens is 453 g/mol. The molecule has 0 radical (unpaired) electrons. The van der Waals surface area contributed by atoms with Crippen LogP contribution < -0.4 is 0 Å². The normalized spacial score (nSPS) is 15.0. The maximum absolute atomic E-state index is 12.5. The smallest absolute Gasteiger partial charge is 0.320 e. The maximum Gasteiger partial charge on any atom is 0.385 e. The van der Waals surface area contributed by atoms with Crippen LogP contribution in [0, 0.1) is 0 Å². The van der Waals surface area contributed by atoms with Gasteiger partial charge in [-0.1, -0.05) is 122 Å². The van der Waals surface area contributed by atoms with Crippen molar-refractivity contribution in [1.82, 2.24) is 0 Å². The van der Waals surface area contributed by atoms with Gasteiger partial charge in [-0.3, -0.25) is 4.57 Å². The van der Waals surface area contributed by atoms with Crippen LogP contribution in [0.25, 0.3) is 0 Å². The van der Waals surface area contributed by atoms with Crippen molar-refractivity contribution in [3.63, 3.8) is 0 Å². The van der Waals surface area contributed by atoms with Crippen LogP contribution >= 0.6 is 7.60 Å². The van der Waals surface area contributed by atoms with E-state index >= 15 is 0 Å². The molecule has 1 N–H and O–H groups in total. The van der Waals surface area contributed by atoms with E-state index in [-0.39, 0.29) is 5.78 Å². The van der Waals surface area contributed by atoms with Crippen molar-refractivity contribution in [1.29, 1.82) is 0 Å². The second kappa shape index (κ2) is 23.0. The van der Waals surface area contributed by atoms with E-state index in [1.807, 2.05) is 28.1 Å². The molecule has 0 aromatic carbocycles. The average molecular weight is 517 g/mol. The summed E-state index contributed by atoms with van der Waals surface area (Å²) in [5, 5.41) is 0. The lowest BCUT2D eigenvalue weighted by molar-refractivity contribution is -0.883. The SMILES string of the molecule is CCCCCCCCCCCCC=CCCCCCCCCCCOP(=O)(O)C(CC)[N+](C)(C)C. The molecule has 0 spiro atoms. The monoisotopic (exact) mass is 516 g/mol. The predicted molar refractivity (Wildman–Crippen MR) is 155 cm³/mol. The quantitative estimate of drug-likeness (QED) is 0.0538. The summed E-state index contributed by atoms with van der Waals surface area (Å²) in [6.07, 6.45) is 31.8. The highest BCUT2D eigenvalue weighted by Gasteiger charge is 2.41. The van der Waals surface area contributed by atoms with Gasteiger partial charge in [0, 0.05) is 6.42 Å². The highest BCUT2D eigenvalue weighted by atomic mass is 31.2. The zero-order chi connectivity index (χ0) is 26.3. The molecule has 0 fully saturated rings. The molecule has 2 unspecified atom stereocenters. The summed E-state index contributed by atoms with van der Waals surface area (Å²) in [6.45, 7) is 4.64. The van der Waals surface area contributed by atoms with Crippen LogP contribution in [0.4, 0.5) is 0 Å². The number of hydrogen-bond acceptors (Lipinski definition) is 2. The van der Waals surface area contributed by atoms with Gasteiger partial charge in [0.05, 0.1) is 27.7 Å². The molecule has 0 amide bonds. The molecule has 0 aromatic rings. The fraction of sp³-hybridized carbons (Fsp3) is 0.933. The Kier molecular flexibility index (Phi) is 22.9. The number of hydrogen-bond donors (Lipinski definition) is 1. The Morgan fingerprint density at radius 1 is 0.657 bits per heavy atom. The minimum atomic E-state index is -3.55. The molecule has 35 heavy (non-hydrogen) atoms. The van der Waals surface area contributed by atoms with Crippen molar-refractivity contribution < 1.29 is 18.5 Å². The van der Waals surface area contributed by atoms with Crippen LogP contribution in [0.2, 0.25) is 0 Å². The van der Waals surface area contributed by atoms with E-state index in [1.165, 1.54) is 116 Å². The standard InChI is InChI=1S/C30H62NO3P/c1-6-8-9-10-11-12-13-14-15-16-17-18-19-20-21-22-23-24-25-26-27-28-29-34-35(32,33)30(7-2)31(3,4)5/h18-19,30H,6-17,20-29H2,1-5H3/p+1. The maximum atomic E-state index is 12.5. The summed E-state index contributed by atoms with van der Waals surface area (Å²) in [6, 6.07) is 0. The van der Waals surface area contributed by atoms with Gasteiger partial charge in [-0.25, -0.2) is 0 Å². The topological polar surface area (TPSA) is 46.5 Å². The van der Waals surface area contributed by atoms with Gasteiger partial charge in [-0.05, 0) is 32.1 Å². The zero-order valence-corrected chi connectivity index (χ0v) is 25.3. The fourth-order valence-electron chi connectivity index (χ4n) is 4.91. The van der Waals surface area contributed by atoms with Gasteiger partial charge in [0.2, 0.25) is 0 Å². The molecule has 0 heterocycles. The molecule has 5 heteroatoms. The molecule has 0 saturated heterocycles. The van der Waals surface area contributed by atoms with E-state index < -0.39 is 7.60 Å². The lowest BCUT2D eigenvalue weighted by Gasteiger charge is -2.35. The van der Waals surface area contributed by atoms with Gasteiger partial charge in [0.25, 0.3) is 0 Å². The molecule has 4 nitrogen and oxygen atoms in total. The Labute approximate surface area is 220 Å². The summed E-state index contributed by atoms with van der Waals surface area (Å²) >= 11 is 0. The largest absolute Gasteiger partial charge is 0.385 e. The Morgan fingerprint density at radius 3 is 1.40 bits per heavy atom. The van der Waals surface area contributed by atoms with E-state index in [0.29, 0.717) is 17.5 Å². The zero-order valence-electron chi connectivity index (χ0n) is 24.4. The van der Waals surface area contributed by atoms with Crippen molar-refractivity contribution >= 4 is 7.60 Å². The van der Waals surface area contributed by atoms with Crippen molar-refractivity contribution in [2.75, 3.05) is 27.7 Å². The van der Waals surface area contributed by atoms with E-state index in [1.54, 1.807) is 0 Å². The van der Waals surface area contributed by atoms with Gasteiger partial charge >= 0.3 is 7.60 Å². The summed E-state index contributed by atoms with van der Waals surface area (Å²) in [5.74, 6) is -0.350. The Bertz CT molecular complexity index is 530. The fourth-order valence-corrected chi connectivity index (χ4v) is 6.81. The molecular formula is C30H63NO3P+. The van der Waals surface area contributed by atoms with E-state index in [2.05, 4.69) is 19.1 Å². The van der Waals surface area contributed by atoms with Crippen LogP contribution in [-0.4, -0.2) is 42.9 Å². The molecule has 0 aliphatic rings. The predicted octanol–water partition coefficient (Wildman–Crippen LogP) is 10.0. The van der Waals surface area contributed by atoms with Crippen LogP contribution in [0.1, 0.15) is 149 Å². The van der Waals surface area contributed by atoms with E-state index in [9.17, 15) is 9.46 Å². The number of allylic oxidation sites excluding steroid dienone is 2. The van der Waals surface area contributed by atoms with Crippen molar-refractivity contribution in [3.8, 4) is 0 Å². The molecule has 0 aliphatic carbocycles. The summed E-state index contributed by atoms with van der Waals surface area (Å²) < 4.78 is 18.4. The molecule has 2 atom stereocenters. The highest BCUT2D eigenvalue weighted by Crippen LogP contribution is 2.51. The Balaban J connectivity index is 3.40. The Morgan fingerprint density at radius 2 is 1.03 bits per heavy atom. The number of unbranched alkanes of at least 4 members (excludes halogenated alkanes) is 18. The van der Waals surface area contributed by atoms with Gasteiger partial charge in [-0.15, -0.1) is 0 Å². The number of quaternary nitrogens is 1. The van der Waals surface area contributed by atoms with E-state index in [4.69, 9.17) is 4.52 Å². The van der Waals surface area contributed by atoms with E-state index in [0.717, 1.165) is 12.8 Å². The van der Waals surface area contributed by atoms with Crippen LogP contribution in [0.5, 0.6) is 0 Å². The third-order valence-corrected chi connectivity index (χ3v) is 9.43. The van der Waals surface area contributed by atoms with Crippen LogP contribution in [0.15, 0.2) is 12.2 Å². The average Bonchev–Trinajstić information content (AvgIpc) is 2.78. The minimum absolute atomic E-state index is 0.350. The minimum Gasteiger partial charge on any atom is -0.320 e. The molecule has 0 bridgehead atoms. The molecule has 210 valence electrons. The highest BCUT2D eigenvalue weighted by molar-refractivity contribution is 7.53. The van der Waals surface area contributed by atoms with Crippen molar-refractivity contribution in [2.45, 2.75) is 154 Å². The first-order valence-electron chi connectivity index (χ1n) is 15.2. The third-order valence-electron chi connectivity index (χ3n) is 7.07. The van der Waals surface area contributed by atoms with Crippen LogP contribution in [0.3, 0.4) is 0 Å². The summed E-state index contributed by atoms with van der Waals surface area (Å²) in [4.78, 5) is 10.3. The lowest BCUT2D eigenvalue weighted by Crippen LogP contribution is -2.44. The van der Waals surface area contributed by atoms with Gasteiger partial charge < -0.3 is 13.9 Å². The summed E-state index contributed by atoms with van der Waals surface area (Å²) in [7, 11) is 2.31. The first kappa shape index (κ1) is 34.9. The van der Waals surface area contributed by atoms with Gasteiger partial charge in [-0.2, -0.15) is 0 Å². The number of nitrogens with zero attached hydrogens (tertiary/aromatic N) is 1. The van der Waals surface area contributed by atoms with Crippen molar-refractivity contribution in [3.05, 3.63) is 12.2 Å². The second-order valence-corrected chi connectivity index (χ2v) is 13.4. The van der Waals surface area contributed by atoms with Crippen LogP contribution in [-0.2, 0) is 9.09 Å². The molecule has 0 rings (SSSR count). The van der Waals surface area contributed by atoms with Crippen molar-refractivity contribution in [2.24, 2.45) is 0 Å².